The monoisotopic (exact) mass is 711 g/mol. The summed E-state index contributed by atoms with van der Waals surface area (Å²) >= 11 is 0. The second kappa shape index (κ2) is 16.9. The first-order valence-electron chi connectivity index (χ1n) is 18.2. The van der Waals surface area contributed by atoms with Crippen LogP contribution in [0.5, 0.6) is 0 Å². The molecule has 0 bridgehead atoms. The summed E-state index contributed by atoms with van der Waals surface area (Å²) in [7, 11) is 0. The van der Waals surface area contributed by atoms with Gasteiger partial charge in [0.1, 0.15) is 17.6 Å². The Morgan fingerprint density at radius 2 is 1.49 bits per heavy atom. The number of benzene rings is 2. The van der Waals surface area contributed by atoms with Crippen LogP contribution in [0.3, 0.4) is 0 Å². The molecule has 2 aliphatic carbocycles. The molecule has 2 fully saturated rings. The number of amides is 3. The van der Waals surface area contributed by atoms with Gasteiger partial charge in [-0.25, -0.2) is 4.39 Å². The molecule has 1 aromatic heterocycles. The zero-order chi connectivity index (χ0) is 36.7. The summed E-state index contributed by atoms with van der Waals surface area (Å²) in [6, 6.07) is 9.69. The van der Waals surface area contributed by atoms with Crippen LogP contribution in [0.2, 0.25) is 0 Å². The Balaban J connectivity index is 1.36. The Morgan fingerprint density at radius 3 is 2.08 bits per heavy atom. The van der Waals surface area contributed by atoms with E-state index in [4.69, 9.17) is 0 Å². The van der Waals surface area contributed by atoms with Gasteiger partial charge in [-0.05, 0) is 73.9 Å². The molecule has 3 N–H and O–H groups in total. The number of aromatic nitrogens is 2. The molecular weight excluding hydrogens is 662 g/mol. The zero-order valence-electron chi connectivity index (χ0n) is 29.6. The lowest BCUT2D eigenvalue weighted by Gasteiger charge is -2.42. The normalized spacial score (nSPS) is 17.3. The molecule has 276 valence electrons. The average molecular weight is 712 g/mol. The van der Waals surface area contributed by atoms with Crippen molar-refractivity contribution in [3.05, 3.63) is 82.9 Å². The minimum atomic E-state index is -4.57. The minimum Gasteiger partial charge on any atom is -0.351 e. The summed E-state index contributed by atoms with van der Waals surface area (Å²) in [5, 5.41) is 12.7. The van der Waals surface area contributed by atoms with Crippen LogP contribution < -0.4 is 16.0 Å². The molecule has 2 aromatic carbocycles. The van der Waals surface area contributed by atoms with Gasteiger partial charge in [0, 0.05) is 18.8 Å². The quantitative estimate of drug-likeness (QED) is 0.164. The maximum absolute atomic E-state index is 15.7. The van der Waals surface area contributed by atoms with Gasteiger partial charge in [0.25, 0.3) is 5.91 Å². The molecule has 0 spiro atoms. The molecule has 3 amide bonds. The Morgan fingerprint density at radius 1 is 0.863 bits per heavy atom. The average Bonchev–Trinajstić information content (AvgIpc) is 3.62. The summed E-state index contributed by atoms with van der Waals surface area (Å²) in [6.07, 6.45) is 7.39. The van der Waals surface area contributed by atoms with Crippen molar-refractivity contribution in [1.82, 2.24) is 20.4 Å². The Labute approximate surface area is 297 Å². The van der Waals surface area contributed by atoms with Crippen molar-refractivity contribution in [3.8, 4) is 0 Å². The van der Waals surface area contributed by atoms with Crippen LogP contribution in [-0.4, -0.2) is 33.5 Å². The highest BCUT2D eigenvalue weighted by molar-refractivity contribution is 6.01. The topological polar surface area (TPSA) is 105 Å². The van der Waals surface area contributed by atoms with E-state index in [0.717, 1.165) is 76.3 Å². The van der Waals surface area contributed by atoms with Gasteiger partial charge in [0.15, 0.2) is 0 Å². The summed E-state index contributed by atoms with van der Waals surface area (Å²) in [4.78, 5) is 41.1. The van der Waals surface area contributed by atoms with E-state index in [1.807, 2.05) is 13.8 Å². The second-order valence-electron chi connectivity index (χ2n) is 14.4. The second-order valence-corrected chi connectivity index (χ2v) is 14.4. The fourth-order valence-electron chi connectivity index (χ4n) is 7.98. The van der Waals surface area contributed by atoms with Crippen molar-refractivity contribution in [2.24, 2.45) is 17.8 Å². The van der Waals surface area contributed by atoms with Gasteiger partial charge in [-0.2, -0.15) is 18.3 Å². The third-order valence-corrected chi connectivity index (χ3v) is 10.7. The number of nitrogens with zero attached hydrogens (tertiary/aromatic N) is 2. The van der Waals surface area contributed by atoms with Crippen LogP contribution in [0.4, 0.5) is 23.2 Å². The smallest absolute Gasteiger partial charge is 0.351 e. The van der Waals surface area contributed by atoms with Gasteiger partial charge in [0.2, 0.25) is 11.8 Å². The van der Waals surface area contributed by atoms with Crippen molar-refractivity contribution >= 4 is 23.4 Å². The lowest BCUT2D eigenvalue weighted by Crippen LogP contribution is -2.53. The predicted molar refractivity (Wildman–Crippen MR) is 187 cm³/mol. The van der Waals surface area contributed by atoms with E-state index < -0.39 is 47.2 Å². The number of halogens is 4. The van der Waals surface area contributed by atoms with Crippen LogP contribution in [0.1, 0.15) is 124 Å². The van der Waals surface area contributed by atoms with Crippen molar-refractivity contribution in [2.75, 3.05) is 5.32 Å². The van der Waals surface area contributed by atoms with Crippen LogP contribution in [-0.2, 0) is 22.3 Å². The predicted octanol–water partition coefficient (Wildman–Crippen LogP) is 8.56. The lowest BCUT2D eigenvalue weighted by molar-refractivity contribution is -0.138. The molecule has 2 atom stereocenters. The van der Waals surface area contributed by atoms with Crippen molar-refractivity contribution in [2.45, 2.75) is 116 Å². The molecule has 51 heavy (non-hydrogen) atoms. The highest BCUT2D eigenvalue weighted by Gasteiger charge is 2.42. The number of alkyl halides is 3. The van der Waals surface area contributed by atoms with Crippen molar-refractivity contribution < 1.29 is 31.9 Å². The van der Waals surface area contributed by atoms with Crippen molar-refractivity contribution in [3.63, 3.8) is 0 Å². The molecule has 0 radical (unpaired) electrons. The number of rotatable bonds is 12. The number of anilines is 1. The number of carbonyl (C=O) groups is 3. The standard InChI is InChI=1S/C39H49F4N5O3/c1-24(2)48-33(20-21-45-48)37(50)47-35(34(26-12-6-4-7-13-26)27-14-8-5-9-15-27)38(51)46-32-19-18-28(22-31(32)40)25(3)36(49)44-23-29-16-10-11-17-30(29)39(41,42)43/h10-11,16-22,24-27,34-35H,4-9,12-15,23H2,1-3H3,(H,44,49)(H,46,51)(H,47,50)/t25-,35-/m0/s1. The maximum Gasteiger partial charge on any atom is 0.416 e. The fraction of sp³-hybridized carbons (Fsp3) is 0.538. The fourth-order valence-corrected chi connectivity index (χ4v) is 7.98. The van der Waals surface area contributed by atoms with E-state index in [-0.39, 0.29) is 41.6 Å². The Hall–Kier alpha value is -4.22. The molecule has 0 unspecified atom stereocenters. The van der Waals surface area contributed by atoms with E-state index in [0.29, 0.717) is 11.3 Å². The van der Waals surface area contributed by atoms with Gasteiger partial charge in [0.05, 0.1) is 17.2 Å². The SMILES string of the molecule is CC(C)n1nccc1C(=O)N[C@H](C(=O)Nc1ccc([C@H](C)C(=O)NCc2ccccc2C(F)(F)F)cc1F)C(C1CCCCC1)C1CCCCC1. The molecule has 1 heterocycles. The van der Waals surface area contributed by atoms with Crippen molar-refractivity contribution in [1.29, 1.82) is 0 Å². The third kappa shape index (κ3) is 9.37. The molecule has 0 aliphatic heterocycles. The van der Waals surface area contributed by atoms with Gasteiger partial charge < -0.3 is 16.0 Å². The molecule has 5 rings (SSSR count). The first-order valence-corrected chi connectivity index (χ1v) is 18.2. The van der Waals surface area contributed by atoms with Crippen LogP contribution >= 0.6 is 0 Å². The van der Waals surface area contributed by atoms with E-state index in [1.54, 1.807) is 16.9 Å². The van der Waals surface area contributed by atoms with Gasteiger partial charge in [-0.15, -0.1) is 0 Å². The molecule has 12 heteroatoms. The number of hydrogen-bond donors (Lipinski definition) is 3. The first kappa shape index (κ1) is 38.0. The van der Waals surface area contributed by atoms with Gasteiger partial charge >= 0.3 is 6.18 Å². The maximum atomic E-state index is 15.7. The number of carbonyl (C=O) groups excluding carboxylic acids is 3. The van der Waals surface area contributed by atoms with Gasteiger partial charge in [-0.3, -0.25) is 19.1 Å². The number of hydrogen-bond acceptors (Lipinski definition) is 4. The lowest BCUT2D eigenvalue weighted by atomic mass is 9.66. The minimum absolute atomic E-state index is 0.0757. The third-order valence-electron chi connectivity index (χ3n) is 10.7. The van der Waals surface area contributed by atoms with Crippen LogP contribution in [0.15, 0.2) is 54.7 Å². The summed E-state index contributed by atoms with van der Waals surface area (Å²) in [5.41, 5.74) is -0.365. The summed E-state index contributed by atoms with van der Waals surface area (Å²) in [5.74, 6) is -2.79. The highest BCUT2D eigenvalue weighted by Crippen LogP contribution is 2.42. The number of nitrogens with one attached hydrogen (secondary N) is 3. The zero-order valence-corrected chi connectivity index (χ0v) is 29.6. The molecule has 2 aliphatic rings. The highest BCUT2D eigenvalue weighted by atomic mass is 19.4. The molecule has 0 saturated heterocycles. The van der Waals surface area contributed by atoms with E-state index in [2.05, 4.69) is 21.0 Å². The summed E-state index contributed by atoms with van der Waals surface area (Å²) in [6.45, 7) is 5.03. The Bertz CT molecular complexity index is 1640. The van der Waals surface area contributed by atoms with E-state index in [9.17, 15) is 27.6 Å². The van der Waals surface area contributed by atoms with Crippen LogP contribution in [0.25, 0.3) is 0 Å². The molecule has 3 aromatic rings. The summed E-state index contributed by atoms with van der Waals surface area (Å²) < 4.78 is 57.6. The largest absolute Gasteiger partial charge is 0.416 e. The molecule has 8 nitrogen and oxygen atoms in total. The van der Waals surface area contributed by atoms with E-state index in [1.165, 1.54) is 37.3 Å². The van der Waals surface area contributed by atoms with Gasteiger partial charge in [-0.1, -0.05) is 88.5 Å². The molecule has 2 saturated carbocycles. The molecular formula is C39H49F4N5O3. The first-order chi connectivity index (χ1) is 24.3. The Kier molecular flexibility index (Phi) is 12.6. The van der Waals surface area contributed by atoms with Crippen LogP contribution in [0, 0.1) is 23.6 Å². The van der Waals surface area contributed by atoms with E-state index >= 15 is 4.39 Å².